The van der Waals surface area contributed by atoms with E-state index in [0.29, 0.717) is 48.1 Å². The third-order valence-corrected chi connectivity index (χ3v) is 4.65. The second-order valence-electron chi connectivity index (χ2n) is 5.68. The highest BCUT2D eigenvalue weighted by molar-refractivity contribution is 8.18. The van der Waals surface area contributed by atoms with Crippen molar-refractivity contribution in [3.05, 3.63) is 28.7 Å². The van der Waals surface area contributed by atoms with Crippen LogP contribution in [0.4, 0.5) is 4.79 Å². The van der Waals surface area contributed by atoms with Gasteiger partial charge < -0.3 is 18.9 Å². The van der Waals surface area contributed by atoms with Gasteiger partial charge in [-0.1, -0.05) is 6.07 Å². The Balaban J connectivity index is 2.16. The second kappa shape index (κ2) is 10.7. The number of ether oxygens (including phenoxy) is 4. The van der Waals surface area contributed by atoms with E-state index in [9.17, 15) is 14.4 Å². The number of esters is 1. The van der Waals surface area contributed by atoms with Gasteiger partial charge in [0.1, 0.15) is 0 Å². The molecule has 1 aromatic carbocycles. The highest BCUT2D eigenvalue weighted by atomic mass is 32.2. The Morgan fingerprint density at radius 2 is 1.96 bits per heavy atom. The molecule has 1 aromatic rings. The van der Waals surface area contributed by atoms with Gasteiger partial charge in [-0.2, -0.15) is 0 Å². The molecule has 9 heteroatoms. The average Bonchev–Trinajstić information content (AvgIpc) is 2.94. The van der Waals surface area contributed by atoms with Crippen LogP contribution in [0.15, 0.2) is 23.1 Å². The molecule has 1 saturated heterocycles. The predicted molar refractivity (Wildman–Crippen MR) is 104 cm³/mol. The number of benzene rings is 1. The van der Waals surface area contributed by atoms with Gasteiger partial charge >= 0.3 is 5.97 Å². The Labute approximate surface area is 167 Å². The van der Waals surface area contributed by atoms with Crippen molar-refractivity contribution in [3.63, 3.8) is 0 Å². The van der Waals surface area contributed by atoms with E-state index in [1.807, 2.05) is 6.92 Å². The van der Waals surface area contributed by atoms with Crippen LogP contribution in [0.3, 0.4) is 0 Å². The number of hydrogen-bond acceptors (Lipinski definition) is 8. The summed E-state index contributed by atoms with van der Waals surface area (Å²) in [7, 11) is 2.85. The standard InChI is InChI=1S/C19H23NO7S/c1-4-26-15-10-13(6-7-14(15)27-12-17(21)25-3)11-16-18(22)20(19(23)28-16)8-5-9-24-2/h6-7,10-11H,4-5,8-9,12H2,1-3H3/b16-11+. The number of nitrogens with zero attached hydrogens (tertiary/aromatic N) is 1. The first-order chi connectivity index (χ1) is 13.5. The van der Waals surface area contributed by atoms with Crippen LogP contribution in [0, 0.1) is 0 Å². The van der Waals surface area contributed by atoms with Crippen molar-refractivity contribution in [1.29, 1.82) is 0 Å². The number of methoxy groups -OCH3 is 2. The van der Waals surface area contributed by atoms with Gasteiger partial charge in [0.2, 0.25) is 0 Å². The lowest BCUT2D eigenvalue weighted by Gasteiger charge is -2.12. The number of thioether (sulfide) groups is 1. The molecule has 28 heavy (non-hydrogen) atoms. The molecule has 0 spiro atoms. The van der Waals surface area contributed by atoms with Crippen LogP contribution in [0.1, 0.15) is 18.9 Å². The fraction of sp³-hybridized carbons (Fsp3) is 0.421. The summed E-state index contributed by atoms with van der Waals surface area (Å²) in [4.78, 5) is 37.4. The van der Waals surface area contributed by atoms with Gasteiger partial charge in [0.05, 0.1) is 18.6 Å². The summed E-state index contributed by atoms with van der Waals surface area (Å²) in [6.45, 7) is 2.78. The Morgan fingerprint density at radius 3 is 2.64 bits per heavy atom. The molecular formula is C19H23NO7S. The molecule has 0 aliphatic carbocycles. The SMILES string of the molecule is CCOc1cc(/C=C2/SC(=O)N(CCCOC)C2=O)ccc1OCC(=O)OC. The van der Waals surface area contributed by atoms with Gasteiger partial charge in [0.25, 0.3) is 11.1 Å². The lowest BCUT2D eigenvalue weighted by Crippen LogP contribution is -2.29. The van der Waals surface area contributed by atoms with E-state index >= 15 is 0 Å². The molecule has 152 valence electrons. The van der Waals surface area contributed by atoms with Crippen molar-refractivity contribution in [1.82, 2.24) is 4.90 Å². The summed E-state index contributed by atoms with van der Waals surface area (Å²) in [5.74, 6) is -0.0136. The van der Waals surface area contributed by atoms with Crippen LogP contribution in [-0.2, 0) is 19.1 Å². The number of carbonyl (C=O) groups excluding carboxylic acids is 3. The van der Waals surface area contributed by atoms with Gasteiger partial charge in [-0.15, -0.1) is 0 Å². The number of hydrogen-bond donors (Lipinski definition) is 0. The first-order valence-corrected chi connectivity index (χ1v) is 9.52. The van der Waals surface area contributed by atoms with E-state index in [1.54, 1.807) is 31.4 Å². The third-order valence-electron chi connectivity index (χ3n) is 3.74. The van der Waals surface area contributed by atoms with Crippen LogP contribution >= 0.6 is 11.8 Å². The molecule has 1 aliphatic heterocycles. The van der Waals surface area contributed by atoms with Crippen LogP contribution < -0.4 is 9.47 Å². The van der Waals surface area contributed by atoms with Crippen LogP contribution in [0.5, 0.6) is 11.5 Å². The van der Waals surface area contributed by atoms with Gasteiger partial charge in [0.15, 0.2) is 18.1 Å². The maximum atomic E-state index is 12.5. The lowest BCUT2D eigenvalue weighted by molar-refractivity contribution is -0.142. The summed E-state index contributed by atoms with van der Waals surface area (Å²) in [6, 6.07) is 5.05. The molecule has 0 atom stereocenters. The normalized spacial score (nSPS) is 15.2. The Kier molecular flexibility index (Phi) is 8.34. The zero-order valence-corrected chi connectivity index (χ0v) is 16.9. The maximum Gasteiger partial charge on any atom is 0.343 e. The van der Waals surface area contributed by atoms with Crippen LogP contribution in [0.25, 0.3) is 6.08 Å². The first-order valence-electron chi connectivity index (χ1n) is 8.71. The monoisotopic (exact) mass is 409 g/mol. The van der Waals surface area contributed by atoms with E-state index in [2.05, 4.69) is 4.74 Å². The van der Waals surface area contributed by atoms with Gasteiger partial charge in [-0.05, 0) is 48.9 Å². The molecule has 0 bridgehead atoms. The van der Waals surface area contributed by atoms with Gasteiger partial charge in [-0.25, -0.2) is 4.79 Å². The molecule has 8 nitrogen and oxygen atoms in total. The van der Waals surface area contributed by atoms with Crippen molar-refractivity contribution >= 4 is 35.0 Å². The van der Waals surface area contributed by atoms with E-state index in [4.69, 9.17) is 14.2 Å². The van der Waals surface area contributed by atoms with Crippen LogP contribution in [0.2, 0.25) is 0 Å². The number of imide groups is 1. The Bertz CT molecular complexity index is 763. The Hall–Kier alpha value is -2.52. The van der Waals surface area contributed by atoms with Crippen LogP contribution in [-0.4, -0.2) is 62.6 Å². The zero-order chi connectivity index (χ0) is 20.5. The molecule has 1 aliphatic rings. The Morgan fingerprint density at radius 1 is 1.18 bits per heavy atom. The fourth-order valence-corrected chi connectivity index (χ4v) is 3.27. The summed E-state index contributed by atoms with van der Waals surface area (Å²) < 4.78 is 20.5. The molecule has 0 unspecified atom stereocenters. The van der Waals surface area contributed by atoms with Crippen molar-refractivity contribution in [2.75, 3.05) is 40.6 Å². The summed E-state index contributed by atoms with van der Waals surface area (Å²) >= 11 is 0.900. The van der Waals surface area contributed by atoms with Crippen molar-refractivity contribution in [2.24, 2.45) is 0 Å². The minimum Gasteiger partial charge on any atom is -0.490 e. The quantitative estimate of drug-likeness (QED) is 0.331. The molecule has 0 radical (unpaired) electrons. The summed E-state index contributed by atoms with van der Waals surface area (Å²) in [6.07, 6.45) is 2.22. The summed E-state index contributed by atoms with van der Waals surface area (Å²) in [5.41, 5.74) is 0.677. The highest BCUT2D eigenvalue weighted by Crippen LogP contribution is 2.34. The van der Waals surface area contributed by atoms with Crippen molar-refractivity contribution < 1.29 is 33.3 Å². The number of amides is 2. The minimum absolute atomic E-state index is 0.240. The van der Waals surface area contributed by atoms with E-state index in [-0.39, 0.29) is 17.8 Å². The minimum atomic E-state index is -0.506. The van der Waals surface area contributed by atoms with Gasteiger partial charge in [-0.3, -0.25) is 14.5 Å². The van der Waals surface area contributed by atoms with Crippen molar-refractivity contribution in [3.8, 4) is 11.5 Å². The van der Waals surface area contributed by atoms with E-state index in [0.717, 1.165) is 11.8 Å². The highest BCUT2D eigenvalue weighted by Gasteiger charge is 2.34. The molecule has 2 rings (SSSR count). The molecule has 1 fully saturated rings. The van der Waals surface area contributed by atoms with Gasteiger partial charge in [0, 0.05) is 20.3 Å². The lowest BCUT2D eigenvalue weighted by atomic mass is 10.2. The molecular weight excluding hydrogens is 386 g/mol. The predicted octanol–water partition coefficient (Wildman–Crippen LogP) is 2.71. The smallest absolute Gasteiger partial charge is 0.343 e. The third kappa shape index (κ3) is 5.74. The maximum absolute atomic E-state index is 12.5. The second-order valence-corrected chi connectivity index (χ2v) is 6.68. The van der Waals surface area contributed by atoms with E-state index < -0.39 is 5.97 Å². The zero-order valence-electron chi connectivity index (χ0n) is 16.1. The number of rotatable bonds is 10. The van der Waals surface area contributed by atoms with E-state index in [1.165, 1.54) is 12.0 Å². The molecule has 1 heterocycles. The summed E-state index contributed by atoms with van der Waals surface area (Å²) in [5, 5.41) is -0.296. The molecule has 0 saturated carbocycles. The molecule has 0 N–H and O–H groups in total. The fourth-order valence-electron chi connectivity index (χ4n) is 2.41. The number of carbonyl (C=O) groups is 3. The largest absolute Gasteiger partial charge is 0.490 e. The first kappa shape index (κ1) is 21.8. The average molecular weight is 409 g/mol. The van der Waals surface area contributed by atoms with Crippen molar-refractivity contribution in [2.45, 2.75) is 13.3 Å². The molecule has 2 amide bonds. The molecule has 0 aromatic heterocycles. The topological polar surface area (TPSA) is 91.4 Å².